The minimum atomic E-state index is 0.680. The molecule has 2 nitrogen and oxygen atoms in total. The fraction of sp³-hybridized carbons (Fsp3) is 1.00. The molecule has 0 aromatic rings. The lowest BCUT2D eigenvalue weighted by molar-refractivity contribution is 0.195. The molecule has 14 heavy (non-hydrogen) atoms. The van der Waals surface area contributed by atoms with Crippen molar-refractivity contribution in [2.75, 3.05) is 26.2 Å². The van der Waals surface area contributed by atoms with Crippen molar-refractivity contribution in [1.29, 1.82) is 0 Å². The molecular formula is C12H28N2. The van der Waals surface area contributed by atoms with Crippen LogP contribution in [0.2, 0.25) is 0 Å². The van der Waals surface area contributed by atoms with Crippen molar-refractivity contribution in [2.24, 2.45) is 5.92 Å². The van der Waals surface area contributed by atoms with Crippen molar-refractivity contribution in [2.45, 2.75) is 47.1 Å². The van der Waals surface area contributed by atoms with Crippen LogP contribution in [0.5, 0.6) is 0 Å². The number of hydrogen-bond donors (Lipinski definition) is 1. The van der Waals surface area contributed by atoms with Gasteiger partial charge in [-0.3, -0.25) is 0 Å². The summed E-state index contributed by atoms with van der Waals surface area (Å²) in [7, 11) is 0. The van der Waals surface area contributed by atoms with E-state index in [4.69, 9.17) is 0 Å². The third-order valence-electron chi connectivity index (χ3n) is 2.38. The Bertz CT molecular complexity index is 121. The van der Waals surface area contributed by atoms with E-state index in [1.807, 2.05) is 0 Å². The second-order valence-corrected chi connectivity index (χ2v) is 4.69. The van der Waals surface area contributed by atoms with E-state index < -0.39 is 0 Å². The Kier molecular flexibility index (Phi) is 8.20. The first-order valence-corrected chi connectivity index (χ1v) is 6.02. The highest BCUT2D eigenvalue weighted by atomic mass is 15.1. The second-order valence-electron chi connectivity index (χ2n) is 4.69. The van der Waals surface area contributed by atoms with E-state index in [-0.39, 0.29) is 0 Å². The summed E-state index contributed by atoms with van der Waals surface area (Å²) in [6.07, 6.45) is 1.26. The monoisotopic (exact) mass is 200 g/mol. The van der Waals surface area contributed by atoms with Gasteiger partial charge in [-0.1, -0.05) is 20.8 Å². The molecule has 0 heterocycles. The molecule has 0 fully saturated rings. The average molecular weight is 200 g/mol. The molecule has 0 aliphatic carbocycles. The van der Waals surface area contributed by atoms with Crippen molar-refractivity contribution in [3.05, 3.63) is 0 Å². The van der Waals surface area contributed by atoms with Crippen molar-refractivity contribution >= 4 is 0 Å². The lowest BCUT2D eigenvalue weighted by Crippen LogP contribution is -2.36. The Morgan fingerprint density at radius 2 is 1.79 bits per heavy atom. The van der Waals surface area contributed by atoms with E-state index in [0.717, 1.165) is 19.0 Å². The van der Waals surface area contributed by atoms with Crippen molar-refractivity contribution in [3.63, 3.8) is 0 Å². The van der Waals surface area contributed by atoms with E-state index in [2.05, 4.69) is 44.8 Å². The molecular weight excluding hydrogens is 172 g/mol. The van der Waals surface area contributed by atoms with Crippen LogP contribution in [0.3, 0.4) is 0 Å². The summed E-state index contributed by atoms with van der Waals surface area (Å²) in [5.74, 6) is 0.775. The van der Waals surface area contributed by atoms with Gasteiger partial charge in [0, 0.05) is 12.6 Å². The van der Waals surface area contributed by atoms with E-state index >= 15 is 0 Å². The molecule has 2 heteroatoms. The van der Waals surface area contributed by atoms with Crippen LogP contribution in [0.1, 0.15) is 41.0 Å². The van der Waals surface area contributed by atoms with Gasteiger partial charge in [0.05, 0.1) is 0 Å². The normalized spacial score (nSPS) is 12.0. The molecule has 0 saturated carbocycles. The summed E-state index contributed by atoms with van der Waals surface area (Å²) in [5, 5.41) is 3.37. The summed E-state index contributed by atoms with van der Waals surface area (Å²) in [6, 6.07) is 0.680. The summed E-state index contributed by atoms with van der Waals surface area (Å²) in [4.78, 5) is 2.57. The Morgan fingerprint density at radius 3 is 2.21 bits per heavy atom. The van der Waals surface area contributed by atoms with Gasteiger partial charge in [-0.25, -0.2) is 0 Å². The zero-order valence-corrected chi connectivity index (χ0v) is 10.6. The lowest BCUT2D eigenvalue weighted by atomic mass is 10.1. The predicted octanol–water partition coefficient (Wildman–Crippen LogP) is 2.35. The van der Waals surface area contributed by atoms with Gasteiger partial charge in [0.2, 0.25) is 0 Å². The van der Waals surface area contributed by atoms with Crippen LogP contribution >= 0.6 is 0 Å². The van der Waals surface area contributed by atoms with E-state index in [1.165, 1.54) is 19.5 Å². The van der Waals surface area contributed by atoms with Gasteiger partial charge >= 0.3 is 0 Å². The van der Waals surface area contributed by atoms with Crippen molar-refractivity contribution in [3.8, 4) is 0 Å². The molecule has 0 aliphatic rings. The molecule has 0 saturated heterocycles. The fourth-order valence-electron chi connectivity index (χ4n) is 1.61. The molecule has 86 valence electrons. The van der Waals surface area contributed by atoms with Gasteiger partial charge in [-0.2, -0.15) is 0 Å². The van der Waals surface area contributed by atoms with Crippen LogP contribution in [0.15, 0.2) is 0 Å². The lowest BCUT2D eigenvalue weighted by Gasteiger charge is -2.28. The van der Waals surface area contributed by atoms with Gasteiger partial charge in [0.15, 0.2) is 0 Å². The Balaban J connectivity index is 3.63. The highest BCUT2D eigenvalue weighted by Crippen LogP contribution is 2.04. The molecule has 0 aromatic heterocycles. The number of nitrogens with one attached hydrogen (secondary N) is 1. The maximum Gasteiger partial charge on any atom is 0.00387 e. The minimum absolute atomic E-state index is 0.680. The summed E-state index contributed by atoms with van der Waals surface area (Å²) in [5.41, 5.74) is 0. The topological polar surface area (TPSA) is 15.3 Å². The highest BCUT2D eigenvalue weighted by Gasteiger charge is 2.09. The van der Waals surface area contributed by atoms with E-state index in [1.54, 1.807) is 0 Å². The molecule has 0 unspecified atom stereocenters. The molecule has 0 atom stereocenters. The predicted molar refractivity (Wildman–Crippen MR) is 64.7 cm³/mol. The SMILES string of the molecule is CCNCCCN(CC(C)C)C(C)C. The maximum absolute atomic E-state index is 3.37. The first-order valence-electron chi connectivity index (χ1n) is 6.02. The molecule has 0 radical (unpaired) electrons. The van der Waals surface area contributed by atoms with Crippen LogP contribution < -0.4 is 5.32 Å². The highest BCUT2D eigenvalue weighted by molar-refractivity contribution is 4.65. The third-order valence-corrected chi connectivity index (χ3v) is 2.38. The molecule has 0 aliphatic heterocycles. The minimum Gasteiger partial charge on any atom is -0.317 e. The number of hydrogen-bond acceptors (Lipinski definition) is 2. The Morgan fingerprint density at radius 1 is 1.14 bits per heavy atom. The third kappa shape index (κ3) is 7.34. The second kappa shape index (κ2) is 8.25. The van der Waals surface area contributed by atoms with Gasteiger partial charge in [-0.15, -0.1) is 0 Å². The van der Waals surface area contributed by atoms with E-state index in [0.29, 0.717) is 6.04 Å². The molecule has 0 amide bonds. The van der Waals surface area contributed by atoms with Crippen molar-refractivity contribution < 1.29 is 0 Å². The molecule has 0 aromatic carbocycles. The number of nitrogens with zero attached hydrogens (tertiary/aromatic N) is 1. The first kappa shape index (κ1) is 13.9. The van der Waals surface area contributed by atoms with Crippen LogP contribution in [0.4, 0.5) is 0 Å². The summed E-state index contributed by atoms with van der Waals surface area (Å²) >= 11 is 0. The van der Waals surface area contributed by atoms with Gasteiger partial charge < -0.3 is 10.2 Å². The maximum atomic E-state index is 3.37. The molecule has 0 spiro atoms. The fourth-order valence-corrected chi connectivity index (χ4v) is 1.61. The van der Waals surface area contributed by atoms with Gasteiger partial charge in [-0.05, 0) is 45.8 Å². The van der Waals surface area contributed by atoms with Crippen LogP contribution in [-0.2, 0) is 0 Å². The van der Waals surface area contributed by atoms with Gasteiger partial charge in [0.1, 0.15) is 0 Å². The van der Waals surface area contributed by atoms with Gasteiger partial charge in [0.25, 0.3) is 0 Å². The van der Waals surface area contributed by atoms with E-state index in [9.17, 15) is 0 Å². The zero-order chi connectivity index (χ0) is 11.0. The van der Waals surface area contributed by atoms with Crippen LogP contribution in [0, 0.1) is 5.92 Å². The zero-order valence-electron chi connectivity index (χ0n) is 10.6. The largest absolute Gasteiger partial charge is 0.317 e. The quantitative estimate of drug-likeness (QED) is 0.605. The first-order chi connectivity index (χ1) is 6.57. The summed E-state index contributed by atoms with van der Waals surface area (Å²) in [6.45, 7) is 16.0. The van der Waals surface area contributed by atoms with Crippen LogP contribution in [-0.4, -0.2) is 37.1 Å². The smallest absolute Gasteiger partial charge is 0.00387 e. The molecule has 1 N–H and O–H groups in total. The Hall–Kier alpha value is -0.0800. The summed E-state index contributed by atoms with van der Waals surface area (Å²) < 4.78 is 0. The average Bonchev–Trinajstić information content (AvgIpc) is 2.09. The Labute approximate surface area is 90.1 Å². The van der Waals surface area contributed by atoms with Crippen LogP contribution in [0.25, 0.3) is 0 Å². The van der Waals surface area contributed by atoms with Crippen molar-refractivity contribution in [1.82, 2.24) is 10.2 Å². The standard InChI is InChI=1S/C12H28N2/c1-6-13-8-7-9-14(12(4)5)10-11(2)3/h11-13H,6-10H2,1-5H3. The molecule has 0 bridgehead atoms. The number of rotatable bonds is 8. The molecule has 0 rings (SSSR count).